The third kappa shape index (κ3) is 5.33. The Morgan fingerprint density at radius 1 is 1.23 bits per heavy atom. The second kappa shape index (κ2) is 9.36. The SMILES string of the molecule is COCCNC(=O)c1ccccc1NC(=O)C1CN(S(C)(=O)=O)c2cc(C)ccc2O1. The van der Waals surface area contributed by atoms with Crippen molar-refractivity contribution in [1.82, 2.24) is 5.32 Å². The van der Waals surface area contributed by atoms with Crippen LogP contribution in [-0.4, -0.2) is 59.4 Å². The molecule has 3 rings (SSSR count). The van der Waals surface area contributed by atoms with E-state index < -0.39 is 22.0 Å². The normalized spacial score (nSPS) is 15.6. The number of methoxy groups -OCH3 is 1. The molecule has 1 heterocycles. The molecule has 1 unspecified atom stereocenters. The Morgan fingerprint density at radius 3 is 2.68 bits per heavy atom. The molecule has 0 bridgehead atoms. The number of ether oxygens (including phenoxy) is 2. The second-order valence-corrected chi connectivity index (χ2v) is 9.06. The summed E-state index contributed by atoms with van der Waals surface area (Å²) < 4.78 is 36.5. The molecule has 2 aromatic rings. The fraction of sp³-hybridized carbons (Fsp3) is 0.333. The van der Waals surface area contributed by atoms with Crippen LogP contribution in [-0.2, 0) is 19.6 Å². The van der Waals surface area contributed by atoms with Crippen LogP contribution in [0, 0.1) is 6.92 Å². The quantitative estimate of drug-likeness (QED) is 0.623. The number of carbonyl (C=O) groups is 2. The van der Waals surface area contributed by atoms with Crippen LogP contribution in [0.5, 0.6) is 5.75 Å². The van der Waals surface area contributed by atoms with E-state index in [0.29, 0.717) is 30.3 Å². The first-order valence-corrected chi connectivity index (χ1v) is 11.5. The van der Waals surface area contributed by atoms with E-state index in [9.17, 15) is 18.0 Å². The van der Waals surface area contributed by atoms with Crippen molar-refractivity contribution < 1.29 is 27.5 Å². The van der Waals surface area contributed by atoms with Gasteiger partial charge in [0.15, 0.2) is 6.10 Å². The maximum atomic E-state index is 12.9. The number of benzene rings is 2. The minimum atomic E-state index is -3.63. The average molecular weight is 448 g/mol. The Morgan fingerprint density at radius 2 is 1.97 bits per heavy atom. The van der Waals surface area contributed by atoms with Crippen molar-refractivity contribution in [3.63, 3.8) is 0 Å². The lowest BCUT2D eigenvalue weighted by atomic mass is 10.1. The predicted octanol–water partition coefficient (Wildman–Crippen LogP) is 1.54. The standard InChI is InChI=1S/C21H25N3O6S/c1-14-8-9-18-17(12-14)24(31(3,27)28)13-19(30-18)21(26)23-16-7-5-4-6-15(16)20(25)22-10-11-29-2/h4-9,12,19H,10-11,13H2,1-3H3,(H,22,25)(H,23,26). The molecule has 31 heavy (non-hydrogen) atoms. The summed E-state index contributed by atoms with van der Waals surface area (Å²) in [5.74, 6) is -0.624. The average Bonchev–Trinajstić information content (AvgIpc) is 2.72. The van der Waals surface area contributed by atoms with E-state index in [1.165, 1.54) is 7.11 Å². The molecule has 0 aromatic heterocycles. The summed E-state index contributed by atoms with van der Waals surface area (Å²) in [7, 11) is -2.10. The first-order valence-electron chi connectivity index (χ1n) is 9.62. The molecule has 0 saturated carbocycles. The van der Waals surface area contributed by atoms with Crippen molar-refractivity contribution in [2.45, 2.75) is 13.0 Å². The largest absolute Gasteiger partial charge is 0.476 e. The summed E-state index contributed by atoms with van der Waals surface area (Å²) in [6, 6.07) is 11.7. The monoisotopic (exact) mass is 447 g/mol. The van der Waals surface area contributed by atoms with Crippen molar-refractivity contribution in [1.29, 1.82) is 0 Å². The molecule has 0 spiro atoms. The predicted molar refractivity (Wildman–Crippen MR) is 117 cm³/mol. The zero-order valence-electron chi connectivity index (χ0n) is 17.5. The molecule has 1 atom stereocenters. The van der Waals surface area contributed by atoms with Crippen molar-refractivity contribution in [2.75, 3.05) is 42.7 Å². The number of nitrogens with zero attached hydrogens (tertiary/aromatic N) is 1. The number of rotatable bonds is 7. The van der Waals surface area contributed by atoms with Crippen molar-refractivity contribution in [3.05, 3.63) is 53.6 Å². The van der Waals surface area contributed by atoms with Gasteiger partial charge in [-0.15, -0.1) is 0 Å². The molecule has 2 N–H and O–H groups in total. The smallest absolute Gasteiger partial charge is 0.267 e. The Labute approximate surface area is 181 Å². The van der Waals surface area contributed by atoms with Crippen LogP contribution >= 0.6 is 0 Å². The van der Waals surface area contributed by atoms with Gasteiger partial charge in [0.05, 0.1) is 36.3 Å². The zero-order valence-corrected chi connectivity index (χ0v) is 18.4. The van der Waals surface area contributed by atoms with E-state index in [-0.39, 0.29) is 18.0 Å². The highest BCUT2D eigenvalue weighted by molar-refractivity contribution is 7.92. The van der Waals surface area contributed by atoms with Crippen LogP contribution in [0.2, 0.25) is 0 Å². The molecule has 0 aliphatic carbocycles. The Kier molecular flexibility index (Phi) is 6.81. The van der Waals surface area contributed by atoms with Crippen LogP contribution < -0.4 is 19.7 Å². The third-order valence-electron chi connectivity index (χ3n) is 4.70. The van der Waals surface area contributed by atoms with E-state index in [1.807, 2.05) is 6.92 Å². The van der Waals surface area contributed by atoms with Gasteiger partial charge in [-0.05, 0) is 36.8 Å². The second-order valence-electron chi connectivity index (χ2n) is 7.16. The van der Waals surface area contributed by atoms with Gasteiger partial charge in [-0.1, -0.05) is 18.2 Å². The molecular formula is C21H25N3O6S. The summed E-state index contributed by atoms with van der Waals surface area (Å²) >= 11 is 0. The first-order chi connectivity index (χ1) is 14.7. The first kappa shape index (κ1) is 22.6. The number of sulfonamides is 1. The fourth-order valence-electron chi connectivity index (χ4n) is 3.18. The van der Waals surface area contributed by atoms with Gasteiger partial charge in [0.25, 0.3) is 11.8 Å². The van der Waals surface area contributed by atoms with Crippen molar-refractivity contribution in [2.24, 2.45) is 0 Å². The molecule has 0 saturated heterocycles. The molecule has 0 fully saturated rings. The Balaban J connectivity index is 1.82. The fourth-order valence-corrected chi connectivity index (χ4v) is 4.08. The summed E-state index contributed by atoms with van der Waals surface area (Å²) in [4.78, 5) is 25.4. The van der Waals surface area contributed by atoms with E-state index in [0.717, 1.165) is 16.1 Å². The highest BCUT2D eigenvalue weighted by atomic mass is 32.2. The molecule has 1 aliphatic rings. The van der Waals surface area contributed by atoms with Crippen LogP contribution in [0.25, 0.3) is 0 Å². The van der Waals surface area contributed by atoms with E-state index in [1.54, 1.807) is 42.5 Å². The molecule has 0 radical (unpaired) electrons. The number of hydrogen-bond donors (Lipinski definition) is 2. The minimum Gasteiger partial charge on any atom is -0.476 e. The van der Waals surface area contributed by atoms with Gasteiger partial charge in [-0.2, -0.15) is 0 Å². The van der Waals surface area contributed by atoms with Crippen LogP contribution in [0.3, 0.4) is 0 Å². The van der Waals surface area contributed by atoms with Gasteiger partial charge in [0.1, 0.15) is 5.75 Å². The number of nitrogens with one attached hydrogen (secondary N) is 2. The number of carbonyl (C=O) groups excluding carboxylic acids is 2. The number of fused-ring (bicyclic) bond motifs is 1. The minimum absolute atomic E-state index is 0.177. The van der Waals surface area contributed by atoms with Gasteiger partial charge in [0, 0.05) is 13.7 Å². The highest BCUT2D eigenvalue weighted by Gasteiger charge is 2.35. The molecule has 10 heteroatoms. The molecule has 2 amide bonds. The summed E-state index contributed by atoms with van der Waals surface area (Å²) in [5, 5.41) is 5.39. The van der Waals surface area contributed by atoms with Crippen molar-refractivity contribution in [3.8, 4) is 5.75 Å². The van der Waals surface area contributed by atoms with Crippen LogP contribution in [0.15, 0.2) is 42.5 Å². The maximum absolute atomic E-state index is 12.9. The highest BCUT2D eigenvalue weighted by Crippen LogP contribution is 2.36. The number of para-hydroxylation sites is 1. The topological polar surface area (TPSA) is 114 Å². The van der Waals surface area contributed by atoms with Gasteiger partial charge in [0.2, 0.25) is 10.0 Å². The zero-order chi connectivity index (χ0) is 22.6. The van der Waals surface area contributed by atoms with Crippen LogP contribution in [0.4, 0.5) is 11.4 Å². The molecule has 2 aromatic carbocycles. The number of hydrogen-bond acceptors (Lipinski definition) is 6. The van der Waals surface area contributed by atoms with Gasteiger partial charge in [-0.3, -0.25) is 13.9 Å². The molecular weight excluding hydrogens is 422 g/mol. The molecule has 166 valence electrons. The number of aryl methyl sites for hydroxylation is 1. The Hall–Kier alpha value is -3.11. The maximum Gasteiger partial charge on any atom is 0.267 e. The van der Waals surface area contributed by atoms with Crippen LogP contribution in [0.1, 0.15) is 15.9 Å². The lowest BCUT2D eigenvalue weighted by Crippen LogP contribution is -2.48. The lowest BCUT2D eigenvalue weighted by molar-refractivity contribution is -0.122. The van der Waals surface area contributed by atoms with Gasteiger partial charge in [-0.25, -0.2) is 8.42 Å². The summed E-state index contributed by atoms with van der Waals surface area (Å²) in [6.07, 6.45) is -0.00600. The number of amides is 2. The molecule has 1 aliphatic heterocycles. The van der Waals surface area contributed by atoms with E-state index in [4.69, 9.17) is 9.47 Å². The van der Waals surface area contributed by atoms with E-state index >= 15 is 0 Å². The van der Waals surface area contributed by atoms with Crippen molar-refractivity contribution >= 4 is 33.2 Å². The molecule has 9 nitrogen and oxygen atoms in total. The van der Waals surface area contributed by atoms with Gasteiger partial charge >= 0.3 is 0 Å². The lowest BCUT2D eigenvalue weighted by Gasteiger charge is -2.34. The Bertz CT molecular complexity index is 1090. The van der Waals surface area contributed by atoms with Gasteiger partial charge < -0.3 is 20.1 Å². The van der Waals surface area contributed by atoms with E-state index in [2.05, 4.69) is 10.6 Å². The summed E-state index contributed by atoms with van der Waals surface area (Å²) in [6.45, 7) is 2.34. The number of anilines is 2. The summed E-state index contributed by atoms with van der Waals surface area (Å²) in [5.41, 5.74) is 1.84. The third-order valence-corrected chi connectivity index (χ3v) is 5.84.